The lowest BCUT2D eigenvalue weighted by molar-refractivity contribution is -0.170. The second-order valence-corrected chi connectivity index (χ2v) is 8.90. The maximum absolute atomic E-state index is 13.3. The summed E-state index contributed by atoms with van der Waals surface area (Å²) in [5.74, 6) is -0.326. The van der Waals surface area contributed by atoms with E-state index in [9.17, 15) is 23.2 Å². The summed E-state index contributed by atoms with van der Waals surface area (Å²) < 4.78 is 47.6. The van der Waals surface area contributed by atoms with Gasteiger partial charge in [0, 0.05) is 18.0 Å². The zero-order valence-electron chi connectivity index (χ0n) is 17.9. The number of hydrogen-bond acceptors (Lipinski definition) is 5. The molecule has 1 aliphatic heterocycles. The van der Waals surface area contributed by atoms with Crippen LogP contribution in [0.4, 0.5) is 13.2 Å². The Morgan fingerprint density at radius 3 is 2.82 bits per heavy atom. The molecule has 2 aliphatic rings. The van der Waals surface area contributed by atoms with Crippen LogP contribution in [-0.2, 0) is 16.0 Å². The van der Waals surface area contributed by atoms with Gasteiger partial charge in [0.15, 0.2) is 0 Å². The van der Waals surface area contributed by atoms with Crippen molar-refractivity contribution in [1.29, 1.82) is 5.26 Å². The van der Waals surface area contributed by atoms with Crippen LogP contribution in [0.25, 0.3) is 21.9 Å². The molecule has 1 aromatic carbocycles. The molecular formula is C23H22F3N5O2. The number of nitrogens with zero attached hydrogens (tertiary/aromatic N) is 4. The third kappa shape index (κ3) is 3.80. The topological polar surface area (TPSA) is 92.8 Å². The summed E-state index contributed by atoms with van der Waals surface area (Å²) in [6.45, 7) is 2.49. The lowest BCUT2D eigenvalue weighted by Crippen LogP contribution is -2.48. The average Bonchev–Trinajstić information content (AvgIpc) is 3.46. The van der Waals surface area contributed by atoms with Crippen molar-refractivity contribution in [3.63, 3.8) is 0 Å². The molecular weight excluding hydrogens is 435 g/mol. The number of ether oxygens (including phenoxy) is 1. The van der Waals surface area contributed by atoms with Crippen LogP contribution in [0.2, 0.25) is 0 Å². The van der Waals surface area contributed by atoms with Gasteiger partial charge in [0.05, 0.1) is 41.4 Å². The molecule has 1 aliphatic carbocycles. The molecule has 1 N–H and O–H groups in total. The van der Waals surface area contributed by atoms with Crippen molar-refractivity contribution < 1.29 is 22.7 Å². The van der Waals surface area contributed by atoms with Crippen molar-refractivity contribution in [3.8, 4) is 6.07 Å². The number of imidazole rings is 1. The van der Waals surface area contributed by atoms with E-state index < -0.39 is 17.6 Å². The Hall–Kier alpha value is -3.19. The third-order valence-corrected chi connectivity index (χ3v) is 6.53. The van der Waals surface area contributed by atoms with Gasteiger partial charge in [0.1, 0.15) is 16.9 Å². The first-order valence-electron chi connectivity index (χ1n) is 10.9. The molecule has 33 heavy (non-hydrogen) atoms. The Bertz CT molecular complexity index is 1290. The van der Waals surface area contributed by atoms with Crippen molar-refractivity contribution in [2.45, 2.75) is 62.9 Å². The van der Waals surface area contributed by atoms with E-state index in [1.807, 2.05) is 11.5 Å². The minimum atomic E-state index is -4.48. The highest BCUT2D eigenvalue weighted by Crippen LogP contribution is 2.49. The predicted octanol–water partition coefficient (Wildman–Crippen LogP) is 3.95. The number of carbonyl (C=O) groups excluding carboxylic acids is 1. The summed E-state index contributed by atoms with van der Waals surface area (Å²) >= 11 is 0. The van der Waals surface area contributed by atoms with E-state index >= 15 is 0 Å². The number of carbonyl (C=O) groups is 1. The van der Waals surface area contributed by atoms with Crippen LogP contribution in [0.5, 0.6) is 0 Å². The van der Waals surface area contributed by atoms with Crippen molar-refractivity contribution in [3.05, 3.63) is 35.8 Å². The average molecular weight is 457 g/mol. The molecule has 7 nitrogen and oxygen atoms in total. The minimum absolute atomic E-state index is 0.00869. The number of fused-ring (bicyclic) bond motifs is 3. The predicted molar refractivity (Wildman–Crippen MR) is 113 cm³/mol. The standard InChI is InChI=1S/C23H22F3N5O2/c1-13-8-15(4-7-33-13)31-19(10-20(32)30-22(5-6-22)23(24,25)26)29-18-12-28-17-3-2-14(11-27)9-16(17)21(18)31/h2-3,9,12-13,15H,4-8,10H2,1H3,(H,30,32)/t13-,15-/m1/s1. The number of alkyl halides is 3. The summed E-state index contributed by atoms with van der Waals surface area (Å²) in [7, 11) is 0. The zero-order valence-corrected chi connectivity index (χ0v) is 17.9. The highest BCUT2D eigenvalue weighted by atomic mass is 19.4. The lowest BCUT2D eigenvalue weighted by atomic mass is 10.0. The van der Waals surface area contributed by atoms with E-state index in [0.717, 1.165) is 10.9 Å². The number of nitriles is 1. The van der Waals surface area contributed by atoms with Gasteiger partial charge in [-0.05, 0) is 50.8 Å². The molecule has 5 rings (SSSR count). The minimum Gasteiger partial charge on any atom is -0.378 e. The van der Waals surface area contributed by atoms with Crippen LogP contribution < -0.4 is 5.32 Å². The van der Waals surface area contributed by atoms with Crippen LogP contribution in [0, 0.1) is 11.3 Å². The van der Waals surface area contributed by atoms with Gasteiger partial charge in [-0.3, -0.25) is 9.78 Å². The van der Waals surface area contributed by atoms with Crippen molar-refractivity contribution in [2.75, 3.05) is 6.61 Å². The molecule has 3 heterocycles. The molecule has 0 spiro atoms. The summed E-state index contributed by atoms with van der Waals surface area (Å²) in [5, 5.41) is 12.3. The summed E-state index contributed by atoms with van der Waals surface area (Å²) in [6, 6.07) is 7.25. The van der Waals surface area contributed by atoms with E-state index in [-0.39, 0.29) is 31.4 Å². The van der Waals surface area contributed by atoms with E-state index in [0.29, 0.717) is 41.9 Å². The number of benzene rings is 1. The Balaban J connectivity index is 1.60. The fourth-order valence-electron chi connectivity index (χ4n) is 4.68. The van der Waals surface area contributed by atoms with Crippen molar-refractivity contribution in [2.24, 2.45) is 0 Å². The Kier molecular flexibility index (Phi) is 5.05. The Morgan fingerprint density at radius 1 is 1.36 bits per heavy atom. The highest BCUT2D eigenvalue weighted by Gasteiger charge is 2.64. The molecule has 1 saturated carbocycles. The molecule has 0 unspecified atom stereocenters. The van der Waals surface area contributed by atoms with Gasteiger partial charge in [-0.1, -0.05) is 0 Å². The van der Waals surface area contributed by atoms with Gasteiger partial charge < -0.3 is 14.6 Å². The Morgan fingerprint density at radius 2 is 2.15 bits per heavy atom. The van der Waals surface area contributed by atoms with Gasteiger partial charge in [0.25, 0.3) is 0 Å². The summed E-state index contributed by atoms with van der Waals surface area (Å²) in [6.07, 6.45) is -2.03. The number of aromatic nitrogens is 3. The zero-order chi connectivity index (χ0) is 23.4. The highest BCUT2D eigenvalue weighted by molar-refractivity contribution is 6.03. The monoisotopic (exact) mass is 457 g/mol. The fraction of sp³-hybridized carbons (Fsp3) is 0.478. The van der Waals surface area contributed by atoms with E-state index in [4.69, 9.17) is 4.74 Å². The molecule has 0 radical (unpaired) electrons. The third-order valence-electron chi connectivity index (χ3n) is 6.53. The molecule has 3 aromatic rings. The molecule has 2 atom stereocenters. The van der Waals surface area contributed by atoms with Crippen LogP contribution in [0.3, 0.4) is 0 Å². The molecule has 1 saturated heterocycles. The summed E-state index contributed by atoms with van der Waals surface area (Å²) in [4.78, 5) is 21.7. The molecule has 10 heteroatoms. The van der Waals surface area contributed by atoms with Crippen LogP contribution >= 0.6 is 0 Å². The van der Waals surface area contributed by atoms with Crippen molar-refractivity contribution >= 4 is 27.8 Å². The number of nitrogens with one attached hydrogen (secondary N) is 1. The van der Waals surface area contributed by atoms with Gasteiger partial charge in [0.2, 0.25) is 5.91 Å². The van der Waals surface area contributed by atoms with E-state index in [2.05, 4.69) is 21.4 Å². The maximum atomic E-state index is 13.3. The second kappa shape index (κ2) is 7.70. The van der Waals surface area contributed by atoms with E-state index in [1.165, 1.54) is 0 Å². The summed E-state index contributed by atoms with van der Waals surface area (Å²) in [5.41, 5.74) is 0.287. The largest absolute Gasteiger partial charge is 0.411 e. The first-order valence-corrected chi connectivity index (χ1v) is 10.9. The molecule has 2 aromatic heterocycles. The van der Waals surface area contributed by atoms with Gasteiger partial charge in [-0.25, -0.2) is 4.98 Å². The second-order valence-electron chi connectivity index (χ2n) is 8.90. The van der Waals surface area contributed by atoms with Gasteiger partial charge >= 0.3 is 6.18 Å². The maximum Gasteiger partial charge on any atom is 0.411 e. The molecule has 172 valence electrons. The Labute approximate surface area is 187 Å². The van der Waals surface area contributed by atoms with Crippen molar-refractivity contribution in [1.82, 2.24) is 19.9 Å². The van der Waals surface area contributed by atoms with Crippen LogP contribution in [0.15, 0.2) is 24.4 Å². The molecule has 2 fully saturated rings. The number of halogens is 3. The smallest absolute Gasteiger partial charge is 0.378 e. The number of amides is 1. The lowest BCUT2D eigenvalue weighted by Gasteiger charge is -2.30. The molecule has 1 amide bonds. The number of rotatable bonds is 4. The van der Waals surface area contributed by atoms with Crippen LogP contribution in [-0.4, -0.2) is 44.9 Å². The fourth-order valence-corrected chi connectivity index (χ4v) is 4.68. The number of pyridine rings is 1. The van der Waals surface area contributed by atoms with Crippen LogP contribution in [0.1, 0.15) is 50.0 Å². The molecule has 0 bridgehead atoms. The normalized spacial score (nSPS) is 22.3. The van der Waals surface area contributed by atoms with E-state index in [1.54, 1.807) is 24.4 Å². The SMILES string of the molecule is C[C@@H]1C[C@H](n2c(CC(=O)NC3(C(F)(F)F)CC3)nc3cnc4ccc(C#N)cc4c32)CCO1. The quantitative estimate of drug-likeness (QED) is 0.641. The van der Waals surface area contributed by atoms with Gasteiger partial charge in [-0.15, -0.1) is 0 Å². The first kappa shape index (κ1) is 21.6. The first-order chi connectivity index (χ1) is 15.7. The van der Waals surface area contributed by atoms with Gasteiger partial charge in [-0.2, -0.15) is 18.4 Å². The number of hydrogen-bond donors (Lipinski definition) is 1.